The predicted octanol–water partition coefficient (Wildman–Crippen LogP) is 15.1. The molecule has 538 valence electrons. The molecule has 0 amide bonds. The molecule has 0 aliphatic rings. The highest BCUT2D eigenvalue weighted by Crippen LogP contribution is 2.37. The third-order valence-corrected chi connectivity index (χ3v) is 43.4. The lowest BCUT2D eigenvalue weighted by atomic mass is 10.0. The summed E-state index contributed by atoms with van der Waals surface area (Å²) in [5.74, 6) is 0. The minimum Gasteiger partial charge on any atom is -0.309 e. The van der Waals surface area contributed by atoms with Crippen molar-refractivity contribution >= 4 is 159 Å². The van der Waals surface area contributed by atoms with E-state index in [4.69, 9.17) is 0 Å². The van der Waals surface area contributed by atoms with Crippen LogP contribution in [0.1, 0.15) is 0 Å². The van der Waals surface area contributed by atoms with Gasteiger partial charge in [-0.25, -0.2) is 0 Å². The van der Waals surface area contributed by atoms with Gasteiger partial charge in [0.1, 0.15) is 0 Å². The zero-order chi connectivity index (χ0) is 75.9. The number of rotatable bonds is 19. The van der Waals surface area contributed by atoms with Crippen LogP contribution in [0, 0.1) is 0 Å². The molecule has 2 heterocycles. The standard InChI is InChI=1S/C108H80N2Si4/c1-13-37-85(38-14-1)111(86-39-15-2-16-40-86,87-41-17-3-18-42-87)97-69-73-105-101(77-97)102-78-98(112(88-43-19-4-20-44-88,89-45-21-5-22-46-89)90-47-23-6-24-48-90)70-74-106(102)109(105)83-65-61-81(62-66-83)82-63-67-84(68-64-82)110-107-75-71-99(113(91-49-25-7-26-50-91,92-51-27-8-28-52-92)93-53-29-9-30-54-93)79-103(107)104-80-100(72-76-108(104)110)114(94-55-31-10-32-56-94,95-57-33-11-34-58-95)96-59-35-12-36-60-96/h1-80H. The first kappa shape index (κ1) is 69.6. The SMILES string of the molecule is c1ccc([Si](c2ccccc2)(c2ccccc2)c2ccc3c(c2)c2cc([Si](c4ccccc4)(c4ccccc4)c4ccccc4)ccc2n3-c2ccc(-c3ccc(-n4c5ccc([Si](c6ccccc6)(c6ccccc6)c6ccccc6)cc5c5cc([Si](c6ccccc6)(c6ccccc6)c6ccccc6)ccc54)cc3)cc2)cc1. The maximum absolute atomic E-state index is 2.97. The molecule has 6 heteroatoms. The van der Waals surface area contributed by atoms with Crippen LogP contribution in [-0.2, 0) is 0 Å². The van der Waals surface area contributed by atoms with E-state index in [0.29, 0.717) is 0 Å². The molecule has 2 aromatic heterocycles. The van der Waals surface area contributed by atoms with Gasteiger partial charge in [-0.2, -0.15) is 0 Å². The molecule has 20 rings (SSSR count). The third kappa shape index (κ3) is 11.4. The van der Waals surface area contributed by atoms with Crippen molar-refractivity contribution < 1.29 is 0 Å². The topological polar surface area (TPSA) is 9.86 Å². The highest BCUT2D eigenvalue weighted by atomic mass is 28.3. The van der Waals surface area contributed by atoms with Gasteiger partial charge < -0.3 is 9.13 Å². The van der Waals surface area contributed by atoms with Gasteiger partial charge >= 0.3 is 0 Å². The zero-order valence-corrected chi connectivity index (χ0v) is 67.1. The van der Waals surface area contributed by atoms with Gasteiger partial charge in [-0.05, 0) is 143 Å². The van der Waals surface area contributed by atoms with Crippen LogP contribution < -0.4 is 83.0 Å². The monoisotopic (exact) mass is 1520 g/mol. The summed E-state index contributed by atoms with van der Waals surface area (Å²) in [4.78, 5) is 0. The molecular formula is C108H80N2Si4. The summed E-state index contributed by atoms with van der Waals surface area (Å²) in [6, 6.07) is 185. The molecule has 0 aliphatic carbocycles. The normalized spacial score (nSPS) is 12.0. The van der Waals surface area contributed by atoms with Gasteiger partial charge in [0.2, 0.25) is 0 Å². The first-order chi connectivity index (χ1) is 56.5. The highest BCUT2D eigenvalue weighted by molar-refractivity contribution is 7.22. The molecular weight excluding hydrogens is 1440 g/mol. The zero-order valence-electron chi connectivity index (χ0n) is 63.1. The van der Waals surface area contributed by atoms with E-state index in [1.165, 1.54) is 127 Å². The van der Waals surface area contributed by atoms with E-state index >= 15 is 0 Å². The number of hydrogen-bond acceptors (Lipinski definition) is 0. The fraction of sp³-hybridized carbons (Fsp3) is 0. The molecule has 0 saturated carbocycles. The Hall–Kier alpha value is -13.6. The second-order valence-corrected chi connectivity index (χ2v) is 45.3. The maximum atomic E-state index is 2.59. The van der Waals surface area contributed by atoms with E-state index in [1.807, 2.05) is 0 Å². The second-order valence-electron chi connectivity index (χ2n) is 30.1. The lowest BCUT2D eigenvalue weighted by molar-refractivity contribution is 1.18. The Morgan fingerprint density at radius 1 is 0.123 bits per heavy atom. The minimum absolute atomic E-state index is 1.10. The molecule has 0 spiro atoms. The van der Waals surface area contributed by atoms with Gasteiger partial charge in [-0.15, -0.1) is 0 Å². The first-order valence-electron chi connectivity index (χ1n) is 39.6. The van der Waals surface area contributed by atoms with Gasteiger partial charge in [0.05, 0.1) is 22.1 Å². The molecule has 0 bridgehead atoms. The fourth-order valence-electron chi connectivity index (χ4n) is 19.4. The molecule has 0 fully saturated rings. The van der Waals surface area contributed by atoms with Crippen molar-refractivity contribution in [3.63, 3.8) is 0 Å². The lowest BCUT2D eigenvalue weighted by Crippen LogP contribution is -2.74. The molecule has 20 aromatic rings. The smallest absolute Gasteiger partial charge is 0.179 e. The van der Waals surface area contributed by atoms with Gasteiger partial charge in [0.25, 0.3) is 0 Å². The largest absolute Gasteiger partial charge is 0.309 e. The van der Waals surface area contributed by atoms with Crippen molar-refractivity contribution in [2.45, 2.75) is 0 Å². The van der Waals surface area contributed by atoms with E-state index in [9.17, 15) is 0 Å². The number of aromatic nitrogens is 2. The van der Waals surface area contributed by atoms with E-state index in [-0.39, 0.29) is 0 Å². The minimum atomic E-state index is -2.97. The van der Waals surface area contributed by atoms with Crippen LogP contribution in [0.4, 0.5) is 0 Å². The van der Waals surface area contributed by atoms with Crippen molar-refractivity contribution in [3.05, 3.63) is 485 Å². The molecule has 0 saturated heterocycles. The number of hydrogen-bond donors (Lipinski definition) is 0. The average Bonchev–Trinajstić information content (AvgIpc) is 1.46. The highest BCUT2D eigenvalue weighted by Gasteiger charge is 2.46. The number of benzene rings is 18. The van der Waals surface area contributed by atoms with E-state index in [1.54, 1.807) is 0 Å². The molecule has 0 aliphatic heterocycles. The van der Waals surface area contributed by atoms with Crippen molar-refractivity contribution in [1.29, 1.82) is 0 Å². The Labute approximate surface area is 670 Å². The quantitative estimate of drug-likeness (QED) is 0.0564. The summed E-state index contributed by atoms with van der Waals surface area (Å²) in [7, 11) is -11.9. The third-order valence-electron chi connectivity index (χ3n) is 24.3. The Morgan fingerprint density at radius 2 is 0.263 bits per heavy atom. The van der Waals surface area contributed by atoms with Gasteiger partial charge in [-0.1, -0.05) is 437 Å². The molecule has 0 N–H and O–H groups in total. The van der Waals surface area contributed by atoms with Crippen LogP contribution in [0.3, 0.4) is 0 Å². The Balaban J connectivity index is 0.765. The summed E-state index contributed by atoms with van der Waals surface area (Å²) in [5.41, 5.74) is 9.16. The fourth-order valence-corrected chi connectivity index (χ4v) is 38.5. The molecule has 2 nitrogen and oxygen atoms in total. The van der Waals surface area contributed by atoms with E-state index < -0.39 is 32.3 Å². The van der Waals surface area contributed by atoms with Crippen LogP contribution in [0.15, 0.2) is 485 Å². The van der Waals surface area contributed by atoms with Crippen molar-refractivity contribution in [1.82, 2.24) is 9.13 Å². The summed E-state index contributed by atoms with van der Waals surface area (Å²) in [6.07, 6.45) is 0. The molecule has 0 radical (unpaired) electrons. The van der Waals surface area contributed by atoms with Crippen LogP contribution in [0.5, 0.6) is 0 Å². The maximum Gasteiger partial charge on any atom is 0.179 e. The summed E-state index contributed by atoms with van der Waals surface area (Å²) < 4.78 is 5.05. The van der Waals surface area contributed by atoms with Crippen molar-refractivity contribution in [2.75, 3.05) is 0 Å². The predicted molar refractivity (Wildman–Crippen MR) is 495 cm³/mol. The summed E-state index contributed by atoms with van der Waals surface area (Å²) in [5, 5.41) is 26.5. The Bertz CT molecular complexity index is 5590. The number of fused-ring (bicyclic) bond motifs is 6. The number of nitrogens with zero attached hydrogens (tertiary/aromatic N) is 2. The van der Waals surface area contributed by atoms with Gasteiger partial charge in [0, 0.05) is 32.9 Å². The molecule has 18 aromatic carbocycles. The Morgan fingerprint density at radius 3 is 0.404 bits per heavy atom. The molecule has 114 heavy (non-hydrogen) atoms. The molecule has 0 atom stereocenters. The van der Waals surface area contributed by atoms with Crippen LogP contribution >= 0.6 is 0 Å². The first-order valence-corrected chi connectivity index (χ1v) is 47.6. The van der Waals surface area contributed by atoms with Crippen LogP contribution in [0.25, 0.3) is 66.1 Å². The Kier molecular flexibility index (Phi) is 18.1. The van der Waals surface area contributed by atoms with Crippen LogP contribution in [-0.4, -0.2) is 41.4 Å². The van der Waals surface area contributed by atoms with Crippen LogP contribution in [0.2, 0.25) is 0 Å². The van der Waals surface area contributed by atoms with E-state index in [0.717, 1.165) is 22.5 Å². The summed E-state index contributed by atoms with van der Waals surface area (Å²) in [6.45, 7) is 0. The molecule has 0 unspecified atom stereocenters. The summed E-state index contributed by atoms with van der Waals surface area (Å²) >= 11 is 0. The average molecular weight is 1520 g/mol. The van der Waals surface area contributed by atoms with Crippen molar-refractivity contribution in [2.24, 2.45) is 0 Å². The van der Waals surface area contributed by atoms with Gasteiger partial charge in [-0.3, -0.25) is 0 Å². The van der Waals surface area contributed by atoms with E-state index in [2.05, 4.69) is 494 Å². The van der Waals surface area contributed by atoms with Gasteiger partial charge in [0.15, 0.2) is 32.3 Å². The second kappa shape index (κ2) is 29.6. The lowest BCUT2D eigenvalue weighted by Gasteiger charge is -2.34. The van der Waals surface area contributed by atoms with Crippen molar-refractivity contribution in [3.8, 4) is 22.5 Å².